The summed E-state index contributed by atoms with van der Waals surface area (Å²) in [5, 5.41) is 12.5. The Kier molecular flexibility index (Phi) is 9.86. The minimum absolute atomic E-state index is 0.318. The normalized spacial score (nSPS) is 14.4. The number of unbranched alkanes of at least 4 members (excludes halogenated alkanes) is 1. The molecule has 94 valence electrons. The van der Waals surface area contributed by atoms with Gasteiger partial charge < -0.3 is 0 Å². The molecule has 0 saturated carbocycles. The zero-order valence-electron chi connectivity index (χ0n) is 11.0. The molecule has 0 aromatic carbocycles. The second kappa shape index (κ2) is 9.99. The van der Waals surface area contributed by atoms with E-state index in [0.717, 1.165) is 25.8 Å². The fraction of sp³-hybridized carbons (Fsp3) is 0.923. The van der Waals surface area contributed by atoms with Crippen LogP contribution in [0.15, 0.2) is 0 Å². The van der Waals surface area contributed by atoms with E-state index < -0.39 is 0 Å². The van der Waals surface area contributed by atoms with Crippen LogP contribution in [0.1, 0.15) is 52.9 Å². The van der Waals surface area contributed by atoms with Crippen molar-refractivity contribution in [3.05, 3.63) is 0 Å². The molecule has 1 N–H and O–H groups in total. The summed E-state index contributed by atoms with van der Waals surface area (Å²) in [7, 11) is 0. The molecule has 0 bridgehead atoms. The molecule has 0 aromatic rings. The van der Waals surface area contributed by atoms with Gasteiger partial charge >= 0.3 is 0 Å². The maximum atomic E-state index is 9.13. The van der Waals surface area contributed by atoms with Gasteiger partial charge in [0.2, 0.25) is 0 Å². The molecule has 0 aliphatic rings. The number of hydrogen-bond acceptors (Lipinski definition) is 3. The van der Waals surface area contributed by atoms with Crippen LogP contribution in [-0.2, 0) is 0 Å². The van der Waals surface area contributed by atoms with Crippen molar-refractivity contribution in [2.45, 2.75) is 58.4 Å². The van der Waals surface area contributed by atoms with Gasteiger partial charge in [0.05, 0.1) is 6.07 Å². The number of rotatable bonds is 10. The van der Waals surface area contributed by atoms with Crippen LogP contribution in [0, 0.1) is 11.3 Å². The number of nitrogens with zero attached hydrogens (tertiary/aromatic N) is 1. The topological polar surface area (TPSA) is 35.8 Å². The summed E-state index contributed by atoms with van der Waals surface area (Å²) in [5.74, 6) is 2.45. The molecule has 0 radical (unpaired) electrons. The largest absolute Gasteiger partial charge is 0.300 e. The monoisotopic (exact) mass is 242 g/mol. The standard InChI is InChI=1S/C13H26N2S/c1-4-6-10-16-11-7-8-13(3,12-14)15-9-5-2/h15H,4-11H2,1-3H3. The van der Waals surface area contributed by atoms with Crippen LogP contribution < -0.4 is 5.32 Å². The van der Waals surface area contributed by atoms with Crippen molar-refractivity contribution in [3.8, 4) is 6.07 Å². The lowest BCUT2D eigenvalue weighted by atomic mass is 9.98. The zero-order valence-corrected chi connectivity index (χ0v) is 11.8. The molecule has 0 amide bonds. The number of thioether (sulfide) groups is 1. The van der Waals surface area contributed by atoms with Crippen molar-refractivity contribution in [1.82, 2.24) is 5.32 Å². The third-order valence-electron chi connectivity index (χ3n) is 2.62. The van der Waals surface area contributed by atoms with E-state index in [0.29, 0.717) is 0 Å². The first-order valence-corrected chi connectivity index (χ1v) is 7.58. The van der Waals surface area contributed by atoms with E-state index in [2.05, 4.69) is 25.2 Å². The second-order valence-corrected chi connectivity index (χ2v) is 5.66. The third-order valence-corrected chi connectivity index (χ3v) is 3.77. The lowest BCUT2D eigenvalue weighted by Gasteiger charge is -2.22. The average Bonchev–Trinajstić information content (AvgIpc) is 2.31. The van der Waals surface area contributed by atoms with Crippen molar-refractivity contribution in [1.29, 1.82) is 5.26 Å². The Balaban J connectivity index is 3.58. The van der Waals surface area contributed by atoms with Gasteiger partial charge in [-0.2, -0.15) is 17.0 Å². The van der Waals surface area contributed by atoms with Crippen LogP contribution in [0.25, 0.3) is 0 Å². The molecule has 1 unspecified atom stereocenters. The molecule has 2 nitrogen and oxygen atoms in total. The van der Waals surface area contributed by atoms with E-state index in [1.54, 1.807) is 0 Å². The van der Waals surface area contributed by atoms with Crippen molar-refractivity contribution in [2.75, 3.05) is 18.1 Å². The van der Waals surface area contributed by atoms with Gasteiger partial charge in [0.15, 0.2) is 0 Å². The van der Waals surface area contributed by atoms with E-state index in [1.165, 1.54) is 24.3 Å². The Hall–Kier alpha value is -0.200. The highest BCUT2D eigenvalue weighted by atomic mass is 32.2. The molecule has 3 heteroatoms. The van der Waals surface area contributed by atoms with Gasteiger partial charge in [-0.3, -0.25) is 5.32 Å². The molecule has 0 aromatic heterocycles. The SMILES string of the molecule is CCCCSCCCC(C)(C#N)NCCC. The van der Waals surface area contributed by atoms with Crippen LogP contribution in [0.5, 0.6) is 0 Å². The summed E-state index contributed by atoms with van der Waals surface area (Å²) < 4.78 is 0. The first kappa shape index (κ1) is 15.8. The molecule has 0 rings (SSSR count). The Bertz CT molecular complexity index is 201. The van der Waals surface area contributed by atoms with Gasteiger partial charge in [-0.05, 0) is 50.7 Å². The lowest BCUT2D eigenvalue weighted by Crippen LogP contribution is -2.41. The van der Waals surface area contributed by atoms with Crippen molar-refractivity contribution in [2.24, 2.45) is 0 Å². The lowest BCUT2D eigenvalue weighted by molar-refractivity contribution is 0.415. The van der Waals surface area contributed by atoms with Gasteiger partial charge in [0.1, 0.15) is 5.54 Å². The van der Waals surface area contributed by atoms with Gasteiger partial charge in [0.25, 0.3) is 0 Å². The molecule has 0 heterocycles. The van der Waals surface area contributed by atoms with E-state index in [9.17, 15) is 0 Å². The zero-order chi connectivity index (χ0) is 12.3. The quantitative estimate of drug-likeness (QED) is 0.595. The number of nitrogens with one attached hydrogen (secondary N) is 1. The van der Waals surface area contributed by atoms with Crippen LogP contribution in [0.3, 0.4) is 0 Å². The van der Waals surface area contributed by atoms with Crippen molar-refractivity contribution in [3.63, 3.8) is 0 Å². The van der Waals surface area contributed by atoms with Crippen molar-refractivity contribution >= 4 is 11.8 Å². The number of hydrogen-bond donors (Lipinski definition) is 1. The highest BCUT2D eigenvalue weighted by molar-refractivity contribution is 7.99. The molecule has 0 fully saturated rings. The molecule has 0 aliphatic carbocycles. The Morgan fingerprint density at radius 2 is 1.88 bits per heavy atom. The summed E-state index contributed by atoms with van der Waals surface area (Å²) in [5.41, 5.74) is -0.318. The molecule has 0 spiro atoms. The highest BCUT2D eigenvalue weighted by Crippen LogP contribution is 2.15. The Morgan fingerprint density at radius 3 is 2.44 bits per heavy atom. The minimum Gasteiger partial charge on any atom is -0.300 e. The summed E-state index contributed by atoms with van der Waals surface area (Å²) in [6, 6.07) is 2.39. The van der Waals surface area contributed by atoms with Crippen LogP contribution in [0.2, 0.25) is 0 Å². The maximum absolute atomic E-state index is 9.13. The van der Waals surface area contributed by atoms with Gasteiger partial charge in [0, 0.05) is 0 Å². The molecular formula is C13H26N2S. The van der Waals surface area contributed by atoms with Gasteiger partial charge in [-0.1, -0.05) is 20.3 Å². The first-order chi connectivity index (χ1) is 7.68. The van der Waals surface area contributed by atoms with E-state index in [-0.39, 0.29) is 5.54 Å². The summed E-state index contributed by atoms with van der Waals surface area (Å²) in [6.45, 7) is 7.31. The van der Waals surface area contributed by atoms with Crippen LogP contribution >= 0.6 is 11.8 Å². The predicted molar refractivity (Wildman–Crippen MR) is 73.8 cm³/mol. The molecule has 0 saturated heterocycles. The summed E-state index contributed by atoms with van der Waals surface area (Å²) in [4.78, 5) is 0. The maximum Gasteiger partial charge on any atom is 0.103 e. The molecule has 16 heavy (non-hydrogen) atoms. The summed E-state index contributed by atoms with van der Waals surface area (Å²) >= 11 is 2.02. The Labute approximate surface area is 105 Å². The van der Waals surface area contributed by atoms with Gasteiger partial charge in [-0.25, -0.2) is 0 Å². The Morgan fingerprint density at radius 1 is 1.19 bits per heavy atom. The predicted octanol–water partition coefficient (Wildman–Crippen LogP) is 3.58. The number of nitriles is 1. The van der Waals surface area contributed by atoms with Crippen LogP contribution in [-0.4, -0.2) is 23.6 Å². The summed E-state index contributed by atoms with van der Waals surface area (Å²) in [6.07, 6.45) is 5.77. The van der Waals surface area contributed by atoms with Crippen LogP contribution in [0.4, 0.5) is 0 Å². The fourth-order valence-electron chi connectivity index (χ4n) is 1.46. The van der Waals surface area contributed by atoms with Gasteiger partial charge in [-0.15, -0.1) is 0 Å². The fourth-order valence-corrected chi connectivity index (χ4v) is 2.51. The first-order valence-electron chi connectivity index (χ1n) is 6.42. The third kappa shape index (κ3) is 8.01. The van der Waals surface area contributed by atoms with E-state index >= 15 is 0 Å². The molecular weight excluding hydrogens is 216 g/mol. The molecule has 0 aliphatic heterocycles. The van der Waals surface area contributed by atoms with E-state index in [1.807, 2.05) is 18.7 Å². The second-order valence-electron chi connectivity index (χ2n) is 4.44. The van der Waals surface area contributed by atoms with Crippen molar-refractivity contribution < 1.29 is 0 Å². The smallest absolute Gasteiger partial charge is 0.103 e. The average molecular weight is 242 g/mol. The molecule has 1 atom stereocenters. The van der Waals surface area contributed by atoms with E-state index in [4.69, 9.17) is 5.26 Å². The highest BCUT2D eigenvalue weighted by Gasteiger charge is 2.21. The minimum atomic E-state index is -0.318.